The van der Waals surface area contributed by atoms with Gasteiger partial charge in [-0.2, -0.15) is 0 Å². The predicted octanol–water partition coefficient (Wildman–Crippen LogP) is 3.24. The normalized spacial score (nSPS) is 10.8. The summed E-state index contributed by atoms with van der Waals surface area (Å²) in [6.07, 6.45) is 1.81. The molecule has 0 fully saturated rings. The highest BCUT2D eigenvalue weighted by molar-refractivity contribution is 5.62. The van der Waals surface area contributed by atoms with Crippen LogP contribution in [0.5, 0.6) is 0 Å². The molecule has 0 unspecified atom stereocenters. The Kier molecular flexibility index (Phi) is 3.09. The molecule has 88 valence electrons. The average Bonchev–Trinajstić information content (AvgIpc) is 2.30. The molecule has 0 radical (unpaired) electrons. The van der Waals surface area contributed by atoms with Gasteiger partial charge in [-0.3, -0.25) is 4.79 Å². The molecule has 0 aliphatic rings. The lowest BCUT2D eigenvalue weighted by Gasteiger charge is -2.11. The van der Waals surface area contributed by atoms with Gasteiger partial charge in [0.1, 0.15) is 5.82 Å². The van der Waals surface area contributed by atoms with Crippen molar-refractivity contribution >= 4 is 0 Å². The van der Waals surface area contributed by atoms with E-state index in [0.29, 0.717) is 0 Å². The van der Waals surface area contributed by atoms with E-state index in [2.05, 4.69) is 0 Å². The van der Waals surface area contributed by atoms with Gasteiger partial charge in [0.05, 0.1) is 0 Å². The topological polar surface area (TPSA) is 22.0 Å². The van der Waals surface area contributed by atoms with Crippen molar-refractivity contribution in [3.8, 4) is 11.1 Å². The molecule has 17 heavy (non-hydrogen) atoms. The highest BCUT2D eigenvalue weighted by Gasteiger charge is 2.04. The van der Waals surface area contributed by atoms with Crippen molar-refractivity contribution in [2.75, 3.05) is 0 Å². The van der Waals surface area contributed by atoms with Gasteiger partial charge in [0.2, 0.25) is 0 Å². The molecule has 1 aromatic carbocycles. The first-order chi connectivity index (χ1) is 8.08. The molecule has 2 nitrogen and oxygen atoms in total. The lowest BCUT2D eigenvalue weighted by Crippen LogP contribution is -2.20. The van der Waals surface area contributed by atoms with Crippen LogP contribution in [-0.2, 0) is 0 Å². The van der Waals surface area contributed by atoms with Crippen molar-refractivity contribution in [2.45, 2.75) is 19.9 Å². The second-order valence-electron chi connectivity index (χ2n) is 4.26. The van der Waals surface area contributed by atoms with Crippen molar-refractivity contribution in [3.63, 3.8) is 0 Å². The van der Waals surface area contributed by atoms with E-state index in [0.717, 1.165) is 11.1 Å². The number of nitrogens with zero attached hydrogens (tertiary/aromatic N) is 1. The Morgan fingerprint density at radius 3 is 2.18 bits per heavy atom. The van der Waals surface area contributed by atoms with Crippen LogP contribution in [0, 0.1) is 5.82 Å². The molecule has 2 aromatic rings. The summed E-state index contributed by atoms with van der Waals surface area (Å²) in [6, 6.07) is 9.66. The molecule has 0 spiro atoms. The minimum atomic E-state index is -0.258. The van der Waals surface area contributed by atoms with Gasteiger partial charge in [-0.25, -0.2) is 4.39 Å². The SMILES string of the molecule is CC(C)n1cc(-c2ccc(F)cc2)ccc1=O. The molecule has 0 saturated carbocycles. The van der Waals surface area contributed by atoms with Gasteiger partial charge in [0.15, 0.2) is 0 Å². The first-order valence-electron chi connectivity index (χ1n) is 5.56. The zero-order valence-electron chi connectivity index (χ0n) is 9.85. The Hall–Kier alpha value is -1.90. The monoisotopic (exact) mass is 231 g/mol. The van der Waals surface area contributed by atoms with Crippen molar-refractivity contribution in [1.82, 2.24) is 4.57 Å². The number of hydrogen-bond acceptors (Lipinski definition) is 1. The predicted molar refractivity (Wildman–Crippen MR) is 66.5 cm³/mol. The highest BCUT2D eigenvalue weighted by Crippen LogP contribution is 2.19. The molecule has 0 bridgehead atoms. The molecule has 0 saturated heterocycles. The summed E-state index contributed by atoms with van der Waals surface area (Å²) < 4.78 is 14.5. The highest BCUT2D eigenvalue weighted by atomic mass is 19.1. The van der Waals surface area contributed by atoms with Gasteiger partial charge < -0.3 is 4.57 Å². The van der Waals surface area contributed by atoms with Gasteiger partial charge in [0, 0.05) is 18.3 Å². The molecular formula is C14H14FNO. The lowest BCUT2D eigenvalue weighted by molar-refractivity contribution is 0.579. The third-order valence-corrected chi connectivity index (χ3v) is 2.67. The fourth-order valence-electron chi connectivity index (χ4n) is 1.72. The third kappa shape index (κ3) is 2.44. The number of rotatable bonds is 2. The van der Waals surface area contributed by atoms with Gasteiger partial charge in [-0.1, -0.05) is 12.1 Å². The van der Waals surface area contributed by atoms with Crippen molar-refractivity contribution in [3.05, 3.63) is 58.8 Å². The summed E-state index contributed by atoms with van der Waals surface area (Å²) in [5, 5.41) is 0. The largest absolute Gasteiger partial charge is 0.312 e. The molecular weight excluding hydrogens is 217 g/mol. The summed E-state index contributed by atoms with van der Waals surface area (Å²) in [5.41, 5.74) is 1.80. The van der Waals surface area contributed by atoms with Crippen LogP contribution < -0.4 is 5.56 Å². The van der Waals surface area contributed by atoms with Crippen LogP contribution >= 0.6 is 0 Å². The number of benzene rings is 1. The van der Waals surface area contributed by atoms with Crippen LogP contribution in [-0.4, -0.2) is 4.57 Å². The van der Waals surface area contributed by atoms with Crippen LogP contribution in [0.25, 0.3) is 11.1 Å². The van der Waals surface area contributed by atoms with Crippen molar-refractivity contribution in [1.29, 1.82) is 0 Å². The Balaban J connectivity index is 2.50. The smallest absolute Gasteiger partial charge is 0.250 e. The summed E-state index contributed by atoms with van der Waals surface area (Å²) in [7, 11) is 0. The molecule has 0 aliphatic heterocycles. The Morgan fingerprint density at radius 2 is 1.59 bits per heavy atom. The number of hydrogen-bond donors (Lipinski definition) is 0. The van der Waals surface area contributed by atoms with Crippen LogP contribution in [0.4, 0.5) is 4.39 Å². The van der Waals surface area contributed by atoms with E-state index in [-0.39, 0.29) is 17.4 Å². The standard InChI is InChI=1S/C14H14FNO/c1-10(2)16-9-12(5-8-14(16)17)11-3-6-13(15)7-4-11/h3-10H,1-2H3. The molecule has 3 heteroatoms. The maximum Gasteiger partial charge on any atom is 0.250 e. The average molecular weight is 231 g/mol. The van der Waals surface area contributed by atoms with E-state index in [4.69, 9.17) is 0 Å². The fraction of sp³-hybridized carbons (Fsp3) is 0.214. The Labute approximate surface area is 99.3 Å². The molecule has 1 heterocycles. The van der Waals surface area contributed by atoms with E-state index < -0.39 is 0 Å². The third-order valence-electron chi connectivity index (χ3n) is 2.67. The molecule has 0 aliphatic carbocycles. The van der Waals surface area contributed by atoms with E-state index >= 15 is 0 Å². The van der Waals surface area contributed by atoms with Crippen LogP contribution in [0.2, 0.25) is 0 Å². The molecule has 2 rings (SSSR count). The van der Waals surface area contributed by atoms with E-state index in [9.17, 15) is 9.18 Å². The molecule has 0 atom stereocenters. The maximum absolute atomic E-state index is 12.8. The first kappa shape index (κ1) is 11.6. The zero-order valence-corrected chi connectivity index (χ0v) is 9.85. The summed E-state index contributed by atoms with van der Waals surface area (Å²) in [6.45, 7) is 3.91. The minimum absolute atomic E-state index is 0.0224. The van der Waals surface area contributed by atoms with E-state index in [1.807, 2.05) is 13.8 Å². The van der Waals surface area contributed by atoms with Crippen molar-refractivity contribution in [2.24, 2.45) is 0 Å². The van der Waals surface area contributed by atoms with Gasteiger partial charge in [0.25, 0.3) is 5.56 Å². The van der Waals surface area contributed by atoms with Crippen LogP contribution in [0.1, 0.15) is 19.9 Å². The Morgan fingerprint density at radius 1 is 1.00 bits per heavy atom. The van der Waals surface area contributed by atoms with Gasteiger partial charge >= 0.3 is 0 Å². The summed E-state index contributed by atoms with van der Waals surface area (Å²) >= 11 is 0. The molecule has 0 amide bonds. The second kappa shape index (κ2) is 4.53. The quantitative estimate of drug-likeness (QED) is 0.777. The zero-order chi connectivity index (χ0) is 12.4. The number of aromatic nitrogens is 1. The molecule has 0 N–H and O–H groups in total. The number of halogens is 1. The lowest BCUT2D eigenvalue weighted by atomic mass is 10.1. The molecule has 1 aromatic heterocycles. The summed E-state index contributed by atoms with van der Waals surface area (Å²) in [5.74, 6) is -0.258. The van der Waals surface area contributed by atoms with Gasteiger partial charge in [-0.05, 0) is 43.2 Å². The maximum atomic E-state index is 12.8. The number of pyridine rings is 1. The van der Waals surface area contributed by atoms with Crippen LogP contribution in [0.15, 0.2) is 47.4 Å². The summed E-state index contributed by atoms with van der Waals surface area (Å²) in [4.78, 5) is 11.6. The first-order valence-corrected chi connectivity index (χ1v) is 5.56. The van der Waals surface area contributed by atoms with E-state index in [1.165, 1.54) is 12.1 Å². The second-order valence-corrected chi connectivity index (χ2v) is 4.26. The van der Waals surface area contributed by atoms with E-state index in [1.54, 1.807) is 35.0 Å². The fourth-order valence-corrected chi connectivity index (χ4v) is 1.72. The van der Waals surface area contributed by atoms with Crippen LogP contribution in [0.3, 0.4) is 0 Å². The minimum Gasteiger partial charge on any atom is -0.312 e. The Bertz CT molecular complexity index is 570. The van der Waals surface area contributed by atoms with Crippen molar-refractivity contribution < 1.29 is 4.39 Å². The van der Waals surface area contributed by atoms with Gasteiger partial charge in [-0.15, -0.1) is 0 Å².